The topological polar surface area (TPSA) is 35.5 Å². The minimum Gasteiger partial charge on any atom is -0.394 e. The number of likely N-dealkylation sites (N-methyl/N-ethyl adjacent to an activating group) is 1. The number of aliphatic hydroxyl groups excluding tert-OH is 1. The number of hydrogen-bond acceptors (Lipinski definition) is 3. The summed E-state index contributed by atoms with van der Waals surface area (Å²) in [6.45, 7) is 7.93. The van der Waals surface area contributed by atoms with Crippen molar-refractivity contribution in [3.63, 3.8) is 0 Å². The molecule has 0 aromatic carbocycles. The Kier molecular flexibility index (Phi) is 6.51. The molecule has 2 bridgehead atoms. The normalized spacial score (nSPS) is 31.0. The summed E-state index contributed by atoms with van der Waals surface area (Å²) in [5, 5.41) is 12.9. The molecule has 2 aliphatic rings. The smallest absolute Gasteiger partial charge is 0.0610 e. The molecule has 2 rings (SSSR count). The molecule has 124 valence electrons. The van der Waals surface area contributed by atoms with Gasteiger partial charge in [-0.2, -0.15) is 0 Å². The first-order valence-corrected chi connectivity index (χ1v) is 9.10. The van der Waals surface area contributed by atoms with E-state index in [0.717, 1.165) is 30.7 Å². The fourth-order valence-corrected chi connectivity index (χ4v) is 4.64. The molecule has 0 aromatic rings. The van der Waals surface area contributed by atoms with Gasteiger partial charge >= 0.3 is 0 Å². The van der Waals surface area contributed by atoms with Crippen molar-refractivity contribution < 1.29 is 5.11 Å². The van der Waals surface area contributed by atoms with E-state index in [9.17, 15) is 5.11 Å². The number of rotatable bonds is 10. The molecule has 0 aliphatic heterocycles. The van der Waals surface area contributed by atoms with Gasteiger partial charge in [-0.05, 0) is 76.9 Å². The van der Waals surface area contributed by atoms with Crippen LogP contribution in [0.15, 0.2) is 0 Å². The summed E-state index contributed by atoms with van der Waals surface area (Å²) in [6, 6.07) is 0. The molecular weight excluding hydrogens is 260 g/mol. The van der Waals surface area contributed by atoms with E-state index < -0.39 is 0 Å². The Morgan fingerprint density at radius 1 is 1.24 bits per heavy atom. The van der Waals surface area contributed by atoms with Crippen LogP contribution in [0.2, 0.25) is 0 Å². The maximum atomic E-state index is 9.50. The maximum absolute atomic E-state index is 9.50. The lowest BCUT2D eigenvalue weighted by molar-refractivity contribution is 0.161. The van der Waals surface area contributed by atoms with Crippen LogP contribution in [0.5, 0.6) is 0 Å². The van der Waals surface area contributed by atoms with E-state index in [2.05, 4.69) is 31.1 Å². The molecule has 0 aromatic heterocycles. The molecule has 4 unspecified atom stereocenters. The Hall–Kier alpha value is -0.120. The quantitative estimate of drug-likeness (QED) is 0.609. The highest BCUT2D eigenvalue weighted by molar-refractivity contribution is 4.91. The van der Waals surface area contributed by atoms with Crippen molar-refractivity contribution in [1.29, 1.82) is 0 Å². The van der Waals surface area contributed by atoms with Crippen molar-refractivity contribution >= 4 is 0 Å². The molecule has 21 heavy (non-hydrogen) atoms. The highest BCUT2D eigenvalue weighted by atomic mass is 16.3. The molecule has 3 nitrogen and oxygen atoms in total. The van der Waals surface area contributed by atoms with Gasteiger partial charge in [0.1, 0.15) is 0 Å². The van der Waals surface area contributed by atoms with Crippen LogP contribution in [0.1, 0.15) is 58.8 Å². The van der Waals surface area contributed by atoms with Crippen molar-refractivity contribution in [1.82, 2.24) is 10.2 Å². The number of nitrogens with one attached hydrogen (secondary N) is 1. The van der Waals surface area contributed by atoms with Gasteiger partial charge in [0, 0.05) is 12.1 Å². The first-order chi connectivity index (χ1) is 10.1. The average molecular weight is 296 g/mol. The first-order valence-electron chi connectivity index (χ1n) is 9.10. The lowest BCUT2D eigenvalue weighted by Crippen LogP contribution is -2.45. The van der Waals surface area contributed by atoms with E-state index in [1.807, 2.05) is 0 Å². The van der Waals surface area contributed by atoms with Crippen LogP contribution in [0.25, 0.3) is 0 Å². The molecular formula is C18H36N2O. The lowest BCUT2D eigenvalue weighted by Gasteiger charge is -2.29. The Morgan fingerprint density at radius 2 is 2.05 bits per heavy atom. The summed E-state index contributed by atoms with van der Waals surface area (Å²) in [5.74, 6) is 3.10. The summed E-state index contributed by atoms with van der Waals surface area (Å²) in [7, 11) is 2.29. The van der Waals surface area contributed by atoms with Crippen LogP contribution in [0, 0.1) is 17.8 Å². The number of aliphatic hydroxyl groups is 1. The van der Waals surface area contributed by atoms with Crippen molar-refractivity contribution in [3.05, 3.63) is 0 Å². The third-order valence-electron chi connectivity index (χ3n) is 5.90. The highest BCUT2D eigenvalue weighted by Crippen LogP contribution is 2.48. The van der Waals surface area contributed by atoms with Crippen LogP contribution in [-0.2, 0) is 0 Å². The monoisotopic (exact) mass is 296 g/mol. The van der Waals surface area contributed by atoms with Gasteiger partial charge in [0.15, 0.2) is 0 Å². The largest absolute Gasteiger partial charge is 0.394 e. The second-order valence-electron chi connectivity index (χ2n) is 7.90. The first kappa shape index (κ1) is 17.2. The maximum Gasteiger partial charge on any atom is 0.0610 e. The summed E-state index contributed by atoms with van der Waals surface area (Å²) >= 11 is 0. The van der Waals surface area contributed by atoms with Crippen molar-refractivity contribution in [2.24, 2.45) is 17.8 Å². The fraction of sp³-hybridized carbons (Fsp3) is 1.00. The van der Waals surface area contributed by atoms with Gasteiger partial charge in [0.2, 0.25) is 0 Å². The number of fused-ring (bicyclic) bond motifs is 2. The van der Waals surface area contributed by atoms with Crippen LogP contribution >= 0.6 is 0 Å². The summed E-state index contributed by atoms with van der Waals surface area (Å²) in [4.78, 5) is 2.55. The summed E-state index contributed by atoms with van der Waals surface area (Å²) < 4.78 is 0. The van der Waals surface area contributed by atoms with E-state index in [-0.39, 0.29) is 12.1 Å². The molecule has 2 N–H and O–H groups in total. The fourth-order valence-electron chi connectivity index (χ4n) is 4.64. The zero-order valence-corrected chi connectivity index (χ0v) is 14.4. The molecule has 0 amide bonds. The van der Waals surface area contributed by atoms with E-state index >= 15 is 0 Å². The third-order valence-corrected chi connectivity index (χ3v) is 5.90. The predicted molar refractivity (Wildman–Crippen MR) is 89.5 cm³/mol. The minimum absolute atomic E-state index is 0.0854. The summed E-state index contributed by atoms with van der Waals surface area (Å²) in [6.07, 6.45) is 9.55. The SMILES string of the molecule is CCNC(C)(CO)CCCCN(C)CC1CC2CCC1C2. The zero-order valence-electron chi connectivity index (χ0n) is 14.4. The minimum atomic E-state index is -0.0854. The van der Waals surface area contributed by atoms with Crippen LogP contribution < -0.4 is 5.32 Å². The van der Waals surface area contributed by atoms with Gasteiger partial charge in [-0.3, -0.25) is 0 Å². The zero-order chi connectivity index (χ0) is 15.3. The molecule has 0 saturated heterocycles. The number of hydrogen-bond donors (Lipinski definition) is 2. The van der Waals surface area contributed by atoms with E-state index in [4.69, 9.17) is 0 Å². The van der Waals surface area contributed by atoms with Gasteiger partial charge in [0.05, 0.1) is 6.61 Å². The van der Waals surface area contributed by atoms with Crippen molar-refractivity contribution in [2.75, 3.05) is 33.3 Å². The number of unbranched alkanes of at least 4 members (excludes halogenated alkanes) is 1. The van der Waals surface area contributed by atoms with E-state index in [1.54, 1.807) is 0 Å². The standard InChI is InChI=1S/C18H36N2O/c1-4-19-18(2,14-21)9-5-6-10-20(3)13-17-12-15-7-8-16(17)11-15/h15-17,19,21H,4-14H2,1-3H3. The molecule has 2 saturated carbocycles. The second kappa shape index (κ2) is 7.94. The third kappa shape index (κ3) is 4.94. The van der Waals surface area contributed by atoms with Gasteiger partial charge in [-0.15, -0.1) is 0 Å². The van der Waals surface area contributed by atoms with Gasteiger partial charge in [-0.1, -0.05) is 19.8 Å². The van der Waals surface area contributed by atoms with Gasteiger partial charge in [0.25, 0.3) is 0 Å². The Balaban J connectivity index is 1.58. The highest BCUT2D eigenvalue weighted by Gasteiger charge is 2.39. The molecule has 0 spiro atoms. The van der Waals surface area contributed by atoms with Crippen molar-refractivity contribution in [3.8, 4) is 0 Å². The Morgan fingerprint density at radius 3 is 2.62 bits per heavy atom. The van der Waals surface area contributed by atoms with Crippen LogP contribution in [0.4, 0.5) is 0 Å². The van der Waals surface area contributed by atoms with Gasteiger partial charge < -0.3 is 15.3 Å². The second-order valence-corrected chi connectivity index (χ2v) is 7.90. The average Bonchev–Trinajstić information content (AvgIpc) is 3.06. The van der Waals surface area contributed by atoms with E-state index in [1.165, 1.54) is 51.6 Å². The molecule has 2 aliphatic carbocycles. The van der Waals surface area contributed by atoms with Crippen molar-refractivity contribution in [2.45, 2.75) is 64.3 Å². The lowest BCUT2D eigenvalue weighted by atomic mass is 9.88. The molecule has 0 radical (unpaired) electrons. The van der Waals surface area contributed by atoms with Crippen LogP contribution in [0.3, 0.4) is 0 Å². The molecule has 0 heterocycles. The predicted octanol–water partition coefficient (Wildman–Crippen LogP) is 2.89. The van der Waals surface area contributed by atoms with Crippen LogP contribution in [-0.4, -0.2) is 48.8 Å². The molecule has 3 heteroatoms. The number of nitrogens with zero attached hydrogens (tertiary/aromatic N) is 1. The molecule has 2 fully saturated rings. The van der Waals surface area contributed by atoms with E-state index in [0.29, 0.717) is 0 Å². The summed E-state index contributed by atoms with van der Waals surface area (Å²) in [5.41, 5.74) is -0.0854. The molecule has 4 atom stereocenters. The Bertz CT molecular complexity index is 310. The Labute approximate surface area is 131 Å². The van der Waals surface area contributed by atoms with Gasteiger partial charge in [-0.25, -0.2) is 0 Å².